The van der Waals surface area contributed by atoms with E-state index in [2.05, 4.69) is 5.32 Å². The van der Waals surface area contributed by atoms with Crippen LogP contribution in [0, 0.1) is 5.92 Å². The molecule has 1 rings (SSSR count). The molecular formula is C20H32N3O9PS. The van der Waals surface area contributed by atoms with Gasteiger partial charge in [-0.15, -0.1) is 0 Å². The van der Waals surface area contributed by atoms with Crippen LogP contribution in [-0.2, 0) is 30.4 Å². The molecule has 34 heavy (non-hydrogen) atoms. The summed E-state index contributed by atoms with van der Waals surface area (Å²) in [7, 11) is -9.09. The lowest BCUT2D eigenvalue weighted by Gasteiger charge is -2.30. The maximum atomic E-state index is 13.3. The lowest BCUT2D eigenvalue weighted by Crippen LogP contribution is -2.58. The second-order valence-electron chi connectivity index (χ2n) is 8.39. The molecule has 0 saturated heterocycles. The Morgan fingerprint density at radius 3 is 2.12 bits per heavy atom. The number of hydrogen-bond donors (Lipinski definition) is 5. The molecular weight excluding hydrogens is 489 g/mol. The Balaban J connectivity index is 3.17. The third-order valence-electron chi connectivity index (χ3n) is 5.00. The van der Waals surface area contributed by atoms with E-state index in [1.165, 1.54) is 0 Å². The third kappa shape index (κ3) is 9.15. The Bertz CT molecular complexity index is 1010. The summed E-state index contributed by atoms with van der Waals surface area (Å²) >= 11 is 0. The van der Waals surface area contributed by atoms with E-state index in [-0.39, 0.29) is 25.3 Å². The molecule has 6 N–H and O–H groups in total. The molecule has 0 fully saturated rings. The van der Waals surface area contributed by atoms with Gasteiger partial charge in [-0.3, -0.25) is 9.36 Å². The minimum absolute atomic E-state index is 0.110. The van der Waals surface area contributed by atoms with Crippen molar-refractivity contribution < 1.29 is 42.3 Å². The van der Waals surface area contributed by atoms with Gasteiger partial charge in [-0.2, -0.15) is 0 Å². The molecule has 0 saturated carbocycles. The summed E-state index contributed by atoms with van der Waals surface area (Å²) in [6, 6.07) is 4.33. The molecule has 192 valence electrons. The van der Waals surface area contributed by atoms with Crippen LogP contribution in [0.3, 0.4) is 0 Å². The number of benzene rings is 1. The molecule has 14 heteroatoms. The van der Waals surface area contributed by atoms with Crippen molar-refractivity contribution in [3.63, 3.8) is 0 Å². The minimum Gasteiger partial charge on any atom is -0.480 e. The first-order valence-corrected chi connectivity index (χ1v) is 14.1. The van der Waals surface area contributed by atoms with Gasteiger partial charge in [0.15, 0.2) is 14.8 Å². The molecule has 0 heterocycles. The second kappa shape index (κ2) is 12.4. The van der Waals surface area contributed by atoms with Crippen LogP contribution in [-0.4, -0.2) is 76.0 Å². The molecule has 3 amide bonds. The van der Waals surface area contributed by atoms with E-state index >= 15 is 0 Å². The van der Waals surface area contributed by atoms with Crippen molar-refractivity contribution in [1.29, 1.82) is 0 Å². The SMILES string of the molecule is CC(C)C[C@H](NCCC(P(=O)(O)O)S(C)(=O)=O)C(=O)N(C(N)=O)[C@@H](Cc1ccccc1)C(=O)O. The number of sulfone groups is 1. The number of rotatable bonds is 13. The Morgan fingerprint density at radius 2 is 1.71 bits per heavy atom. The number of aliphatic carboxylic acids is 1. The van der Waals surface area contributed by atoms with Gasteiger partial charge in [0.2, 0.25) is 5.91 Å². The van der Waals surface area contributed by atoms with Crippen molar-refractivity contribution in [2.24, 2.45) is 11.7 Å². The Labute approximate surface area is 198 Å². The van der Waals surface area contributed by atoms with Crippen molar-refractivity contribution in [3.05, 3.63) is 35.9 Å². The first-order valence-electron chi connectivity index (χ1n) is 10.4. The normalized spacial score (nSPS) is 14.9. The Kier molecular flexibility index (Phi) is 10.8. The van der Waals surface area contributed by atoms with Gasteiger partial charge in [0.05, 0.1) is 6.04 Å². The van der Waals surface area contributed by atoms with Gasteiger partial charge < -0.3 is 25.9 Å². The molecule has 12 nitrogen and oxygen atoms in total. The molecule has 0 radical (unpaired) electrons. The number of nitrogens with zero attached hydrogens (tertiary/aromatic N) is 1. The number of primary amides is 1. The van der Waals surface area contributed by atoms with Crippen LogP contribution in [0.5, 0.6) is 0 Å². The summed E-state index contributed by atoms with van der Waals surface area (Å²) in [5.41, 5.74) is 5.94. The van der Waals surface area contributed by atoms with E-state index in [1.54, 1.807) is 44.2 Å². The van der Waals surface area contributed by atoms with Crippen LogP contribution in [0.1, 0.15) is 32.3 Å². The number of imide groups is 1. The van der Waals surface area contributed by atoms with Crippen molar-refractivity contribution in [2.75, 3.05) is 12.8 Å². The average molecular weight is 522 g/mol. The number of hydrogen-bond acceptors (Lipinski definition) is 7. The zero-order valence-electron chi connectivity index (χ0n) is 19.2. The van der Waals surface area contributed by atoms with E-state index in [0.717, 1.165) is 0 Å². The first kappa shape index (κ1) is 29.7. The fraction of sp³-hybridized carbons (Fsp3) is 0.550. The van der Waals surface area contributed by atoms with E-state index in [0.29, 0.717) is 16.7 Å². The van der Waals surface area contributed by atoms with Crippen LogP contribution in [0.25, 0.3) is 0 Å². The summed E-state index contributed by atoms with van der Waals surface area (Å²) < 4.78 is 35.1. The van der Waals surface area contributed by atoms with Crippen molar-refractivity contribution >= 4 is 35.3 Å². The topological polar surface area (TPSA) is 204 Å². The van der Waals surface area contributed by atoms with Gasteiger partial charge in [-0.1, -0.05) is 44.2 Å². The summed E-state index contributed by atoms with van der Waals surface area (Å²) in [6.07, 6.45) is 0.130. The number of nitrogens with two attached hydrogens (primary N) is 1. The molecule has 0 bridgehead atoms. The standard InChI is InChI=1S/C20H32N3O9PS/c1-13(2)11-15(22-10-9-17(33(28,29)30)34(3,31)32)18(24)23(20(21)27)16(19(25)26)12-14-7-5-4-6-8-14/h4-8,13,15-17,22H,9-12H2,1-3H3,(H2,21,27)(H,25,26)(H2,28,29,30)/t15-,16-,17?/m0/s1. The van der Waals surface area contributed by atoms with Crippen LogP contribution >= 0.6 is 7.60 Å². The number of carboxylic acids is 1. The maximum Gasteiger partial charge on any atom is 0.343 e. The lowest BCUT2D eigenvalue weighted by molar-refractivity contribution is -0.148. The van der Waals surface area contributed by atoms with Crippen LogP contribution in [0.4, 0.5) is 4.79 Å². The van der Waals surface area contributed by atoms with Gasteiger partial charge >= 0.3 is 19.6 Å². The molecule has 0 spiro atoms. The molecule has 0 aliphatic heterocycles. The molecule has 1 aromatic rings. The van der Waals surface area contributed by atoms with Crippen LogP contribution in [0.15, 0.2) is 30.3 Å². The summed E-state index contributed by atoms with van der Waals surface area (Å²) in [5.74, 6) is -2.49. The molecule has 0 aliphatic carbocycles. The van der Waals surface area contributed by atoms with Crippen molar-refractivity contribution in [3.8, 4) is 0 Å². The number of nitrogens with one attached hydrogen (secondary N) is 1. The molecule has 1 aromatic carbocycles. The fourth-order valence-corrected chi connectivity index (χ4v) is 6.47. The van der Waals surface area contributed by atoms with Gasteiger partial charge in [0.25, 0.3) is 0 Å². The quantitative estimate of drug-likeness (QED) is 0.228. The van der Waals surface area contributed by atoms with Gasteiger partial charge in [-0.25, -0.2) is 22.9 Å². The number of carbonyl (C=O) groups is 3. The highest BCUT2D eigenvalue weighted by Crippen LogP contribution is 2.45. The highest BCUT2D eigenvalue weighted by Gasteiger charge is 2.39. The third-order valence-corrected chi connectivity index (χ3v) is 9.21. The van der Waals surface area contributed by atoms with E-state index in [4.69, 9.17) is 5.73 Å². The lowest BCUT2D eigenvalue weighted by atomic mass is 10.00. The summed E-state index contributed by atoms with van der Waals surface area (Å²) in [6.45, 7) is 3.24. The maximum absolute atomic E-state index is 13.3. The predicted octanol–water partition coefficient (Wildman–Crippen LogP) is 0.532. The fourth-order valence-electron chi connectivity index (χ4n) is 3.47. The van der Waals surface area contributed by atoms with Crippen LogP contribution in [0.2, 0.25) is 0 Å². The monoisotopic (exact) mass is 521 g/mol. The largest absolute Gasteiger partial charge is 0.480 e. The number of carbonyl (C=O) groups excluding carboxylic acids is 2. The van der Waals surface area contributed by atoms with Crippen molar-refractivity contribution in [1.82, 2.24) is 10.2 Å². The summed E-state index contributed by atoms with van der Waals surface area (Å²) in [4.78, 5) is 54.6. The highest BCUT2D eigenvalue weighted by atomic mass is 32.2. The van der Waals surface area contributed by atoms with E-state index < -0.39 is 58.8 Å². The Hall–Kier alpha value is -2.31. The highest BCUT2D eigenvalue weighted by molar-refractivity contribution is 7.97. The second-order valence-corrected chi connectivity index (χ2v) is 12.8. The minimum atomic E-state index is -4.99. The van der Waals surface area contributed by atoms with Crippen LogP contribution < -0.4 is 11.1 Å². The number of urea groups is 1. The van der Waals surface area contributed by atoms with E-state index in [1.807, 2.05) is 0 Å². The molecule has 3 atom stereocenters. The average Bonchev–Trinajstić information content (AvgIpc) is 2.67. The molecule has 1 unspecified atom stereocenters. The Morgan fingerprint density at radius 1 is 1.15 bits per heavy atom. The predicted molar refractivity (Wildman–Crippen MR) is 125 cm³/mol. The van der Waals surface area contributed by atoms with Gasteiger partial charge in [0.1, 0.15) is 6.04 Å². The first-order chi connectivity index (χ1) is 15.6. The molecule has 0 aromatic heterocycles. The summed E-state index contributed by atoms with van der Waals surface area (Å²) in [5, 5.41) is 12.4. The zero-order chi connectivity index (χ0) is 26.3. The van der Waals surface area contributed by atoms with E-state index in [9.17, 15) is 42.3 Å². The molecule has 0 aliphatic rings. The van der Waals surface area contributed by atoms with Gasteiger partial charge in [-0.05, 0) is 30.9 Å². The zero-order valence-corrected chi connectivity index (χ0v) is 20.9. The van der Waals surface area contributed by atoms with Gasteiger partial charge in [0, 0.05) is 12.7 Å². The number of amides is 3. The number of carboxylic acid groups (broad SMARTS) is 1. The van der Waals surface area contributed by atoms with Crippen molar-refractivity contribution in [2.45, 2.75) is 50.2 Å². The smallest absolute Gasteiger partial charge is 0.343 e.